The molecule has 0 saturated carbocycles. The summed E-state index contributed by atoms with van der Waals surface area (Å²) in [5, 5.41) is 0. The number of benzene rings is 1. The Morgan fingerprint density at radius 2 is 1.62 bits per heavy atom. The molecule has 0 amide bonds. The van der Waals surface area contributed by atoms with E-state index in [1.165, 1.54) is 0 Å². The summed E-state index contributed by atoms with van der Waals surface area (Å²) in [4.78, 5) is 29.4. The highest BCUT2D eigenvalue weighted by molar-refractivity contribution is 5.58. The Kier molecular flexibility index (Phi) is 6.82. The average molecular weight is 465 g/mol. The molecule has 2 fully saturated rings. The second-order valence-electron chi connectivity index (χ2n) is 8.84. The monoisotopic (exact) mass is 464 g/mol. The van der Waals surface area contributed by atoms with Crippen LogP contribution in [0, 0.1) is 0 Å². The van der Waals surface area contributed by atoms with E-state index in [-0.39, 0.29) is 5.56 Å². The van der Waals surface area contributed by atoms with Crippen molar-refractivity contribution in [3.63, 3.8) is 0 Å². The lowest BCUT2D eigenvalue weighted by Gasteiger charge is -2.36. The van der Waals surface area contributed by atoms with Gasteiger partial charge in [-0.25, -0.2) is 4.98 Å². The van der Waals surface area contributed by atoms with E-state index in [9.17, 15) is 4.79 Å². The molecule has 0 spiro atoms. The molecule has 9 nitrogen and oxygen atoms in total. The van der Waals surface area contributed by atoms with Crippen molar-refractivity contribution in [2.45, 2.75) is 13.1 Å². The van der Waals surface area contributed by atoms with E-state index in [0.717, 1.165) is 81.8 Å². The van der Waals surface area contributed by atoms with Crippen LogP contribution >= 0.6 is 0 Å². The van der Waals surface area contributed by atoms with Crippen molar-refractivity contribution in [2.24, 2.45) is 0 Å². The van der Waals surface area contributed by atoms with Crippen LogP contribution in [0.1, 0.15) is 11.5 Å². The minimum atomic E-state index is -0.0920. The first-order valence-corrected chi connectivity index (χ1v) is 11.9. The van der Waals surface area contributed by atoms with Gasteiger partial charge in [-0.1, -0.05) is 12.1 Å². The van der Waals surface area contributed by atoms with Crippen LogP contribution in [-0.4, -0.2) is 79.2 Å². The zero-order valence-corrected chi connectivity index (χ0v) is 19.7. The highest BCUT2D eigenvalue weighted by Gasteiger charge is 2.22. The van der Waals surface area contributed by atoms with Crippen molar-refractivity contribution in [1.82, 2.24) is 19.8 Å². The number of aromatic nitrogens is 2. The van der Waals surface area contributed by atoms with Gasteiger partial charge in [-0.05, 0) is 24.3 Å². The number of H-pyrrole nitrogens is 1. The summed E-state index contributed by atoms with van der Waals surface area (Å²) in [6.07, 6.45) is 1.71. The fourth-order valence-corrected chi connectivity index (χ4v) is 4.73. The first-order chi connectivity index (χ1) is 16.7. The van der Waals surface area contributed by atoms with E-state index >= 15 is 0 Å². The lowest BCUT2D eigenvalue weighted by atomic mass is 10.2. The summed E-state index contributed by atoms with van der Waals surface area (Å²) >= 11 is 0. The Bertz CT molecular complexity index is 1120. The molecular formula is C25H32N6O3. The number of nitrogens with zero attached hydrogens (tertiary/aromatic N) is 5. The number of ether oxygens (including phenoxy) is 1. The first-order valence-electron chi connectivity index (χ1n) is 11.9. The van der Waals surface area contributed by atoms with Gasteiger partial charge < -0.3 is 19.0 Å². The third-order valence-electron chi connectivity index (χ3n) is 6.60. The van der Waals surface area contributed by atoms with Crippen molar-refractivity contribution < 1.29 is 9.15 Å². The van der Waals surface area contributed by atoms with Gasteiger partial charge in [0, 0.05) is 65.0 Å². The minimum Gasteiger partial charge on any atom is -0.495 e. The van der Waals surface area contributed by atoms with E-state index in [0.29, 0.717) is 12.5 Å². The molecule has 34 heavy (non-hydrogen) atoms. The summed E-state index contributed by atoms with van der Waals surface area (Å²) < 4.78 is 11.0. The number of piperazine rings is 2. The molecule has 2 aromatic heterocycles. The predicted octanol–water partition coefficient (Wildman–Crippen LogP) is 2.02. The number of hydrogen-bond donors (Lipinski definition) is 1. The molecule has 2 aliphatic heterocycles. The molecule has 0 radical (unpaired) electrons. The fourth-order valence-electron chi connectivity index (χ4n) is 4.73. The Balaban J connectivity index is 1.17. The van der Waals surface area contributed by atoms with Crippen LogP contribution in [0.2, 0.25) is 0 Å². The summed E-state index contributed by atoms with van der Waals surface area (Å²) in [6.45, 7) is 8.58. The van der Waals surface area contributed by atoms with Crippen molar-refractivity contribution in [3.8, 4) is 5.75 Å². The molecule has 1 N–H and O–H groups in total. The smallest absolute Gasteiger partial charge is 0.252 e. The quantitative estimate of drug-likeness (QED) is 0.569. The van der Waals surface area contributed by atoms with Crippen molar-refractivity contribution in [2.75, 3.05) is 69.3 Å². The standard InChI is InChI=1S/C25H32N6O3/c1-33-23-7-3-2-6-22(23)30-12-8-28(9-13-30)18-20-17-24(32)27-25(26-20)31-14-10-29(11-15-31)19-21-5-4-16-34-21/h2-7,16-17H,8-15,18-19H2,1H3,(H,26,27,32). The number of furan rings is 1. The summed E-state index contributed by atoms with van der Waals surface area (Å²) in [6, 6.07) is 13.7. The van der Waals surface area contributed by atoms with Crippen LogP contribution < -0.4 is 20.1 Å². The zero-order chi connectivity index (χ0) is 23.3. The number of anilines is 2. The molecule has 5 rings (SSSR count). The fraction of sp³-hybridized carbons (Fsp3) is 0.440. The maximum atomic E-state index is 12.4. The summed E-state index contributed by atoms with van der Waals surface area (Å²) in [5.41, 5.74) is 1.86. The second kappa shape index (κ2) is 10.3. The number of aromatic amines is 1. The Morgan fingerprint density at radius 3 is 2.32 bits per heavy atom. The number of nitrogens with one attached hydrogen (secondary N) is 1. The molecule has 0 atom stereocenters. The van der Waals surface area contributed by atoms with E-state index in [4.69, 9.17) is 14.1 Å². The van der Waals surface area contributed by atoms with Crippen LogP contribution in [0.3, 0.4) is 0 Å². The molecule has 9 heteroatoms. The van der Waals surface area contributed by atoms with E-state index in [1.54, 1.807) is 19.4 Å². The molecule has 2 aliphatic rings. The van der Waals surface area contributed by atoms with Gasteiger partial charge in [-0.2, -0.15) is 0 Å². The summed E-state index contributed by atoms with van der Waals surface area (Å²) in [7, 11) is 1.71. The van der Waals surface area contributed by atoms with Gasteiger partial charge >= 0.3 is 0 Å². The number of methoxy groups -OCH3 is 1. The van der Waals surface area contributed by atoms with E-state index < -0.39 is 0 Å². The van der Waals surface area contributed by atoms with Crippen molar-refractivity contribution in [1.29, 1.82) is 0 Å². The van der Waals surface area contributed by atoms with Gasteiger partial charge in [-0.3, -0.25) is 19.6 Å². The molecule has 4 heterocycles. The van der Waals surface area contributed by atoms with Crippen molar-refractivity contribution >= 4 is 11.6 Å². The average Bonchev–Trinajstić information content (AvgIpc) is 3.38. The van der Waals surface area contributed by atoms with Crippen LogP contribution in [0.25, 0.3) is 0 Å². The molecule has 0 bridgehead atoms. The molecule has 180 valence electrons. The lowest BCUT2D eigenvalue weighted by Crippen LogP contribution is -2.47. The molecular weight excluding hydrogens is 432 g/mol. The SMILES string of the molecule is COc1ccccc1N1CCN(Cc2cc(=O)[nH]c(N3CCN(Cc4ccco4)CC3)n2)CC1. The zero-order valence-electron chi connectivity index (χ0n) is 19.7. The minimum absolute atomic E-state index is 0.0920. The normalized spacial score (nSPS) is 17.8. The van der Waals surface area contributed by atoms with Crippen LogP contribution in [-0.2, 0) is 13.1 Å². The number of para-hydroxylation sites is 2. The van der Waals surface area contributed by atoms with Crippen LogP contribution in [0.4, 0.5) is 11.6 Å². The van der Waals surface area contributed by atoms with Crippen LogP contribution in [0.5, 0.6) is 5.75 Å². The molecule has 1 aromatic carbocycles. The largest absolute Gasteiger partial charge is 0.495 e. The van der Waals surface area contributed by atoms with Gasteiger partial charge in [-0.15, -0.1) is 0 Å². The predicted molar refractivity (Wildman–Crippen MR) is 132 cm³/mol. The number of hydrogen-bond acceptors (Lipinski definition) is 8. The van der Waals surface area contributed by atoms with Gasteiger partial charge in [0.15, 0.2) is 0 Å². The molecule has 0 aliphatic carbocycles. The Morgan fingerprint density at radius 1 is 0.912 bits per heavy atom. The maximum absolute atomic E-state index is 12.4. The lowest BCUT2D eigenvalue weighted by molar-refractivity contribution is 0.229. The second-order valence-corrected chi connectivity index (χ2v) is 8.84. The molecule has 2 saturated heterocycles. The summed E-state index contributed by atoms with van der Waals surface area (Å²) in [5.74, 6) is 2.56. The molecule has 0 unspecified atom stereocenters. The third-order valence-corrected chi connectivity index (χ3v) is 6.60. The van der Waals surface area contributed by atoms with Gasteiger partial charge in [0.05, 0.1) is 31.3 Å². The molecule has 3 aromatic rings. The van der Waals surface area contributed by atoms with Crippen LogP contribution in [0.15, 0.2) is 57.9 Å². The highest BCUT2D eigenvalue weighted by atomic mass is 16.5. The van der Waals surface area contributed by atoms with E-state index in [2.05, 4.69) is 30.6 Å². The highest BCUT2D eigenvalue weighted by Crippen LogP contribution is 2.28. The van der Waals surface area contributed by atoms with Gasteiger partial charge in [0.2, 0.25) is 5.95 Å². The topological polar surface area (TPSA) is 81.1 Å². The van der Waals surface area contributed by atoms with Gasteiger partial charge in [0.25, 0.3) is 5.56 Å². The third kappa shape index (κ3) is 5.26. The van der Waals surface area contributed by atoms with Crippen molar-refractivity contribution in [3.05, 3.63) is 70.5 Å². The van der Waals surface area contributed by atoms with E-state index in [1.807, 2.05) is 30.3 Å². The Labute approximate surface area is 199 Å². The first kappa shape index (κ1) is 22.5. The Hall–Kier alpha value is -3.30. The maximum Gasteiger partial charge on any atom is 0.252 e. The number of rotatable bonds is 7. The van der Waals surface area contributed by atoms with Gasteiger partial charge in [0.1, 0.15) is 11.5 Å².